The number of nitrogens with two attached hydrogens (primary N) is 1. The summed E-state index contributed by atoms with van der Waals surface area (Å²) >= 11 is 0. The molecule has 1 atom stereocenters. The summed E-state index contributed by atoms with van der Waals surface area (Å²) in [5.74, 6) is 0. The molecule has 1 aliphatic heterocycles. The fraction of sp³-hybridized carbons (Fsp3) is 0.462. The molecule has 0 radical (unpaired) electrons. The SMILES string of the molecule is CC(C)(C)C1CN(c2ccc(N)cc2)S(=O)(=O)N1C(=O)O. The summed E-state index contributed by atoms with van der Waals surface area (Å²) in [6.07, 6.45) is -1.46. The number of rotatable bonds is 1. The topological polar surface area (TPSA) is 104 Å². The molecule has 0 saturated carbocycles. The van der Waals surface area contributed by atoms with E-state index < -0.39 is 27.8 Å². The molecule has 1 amide bonds. The molecule has 8 heteroatoms. The molecule has 1 aromatic rings. The highest BCUT2D eigenvalue weighted by Crippen LogP contribution is 2.37. The lowest BCUT2D eigenvalue weighted by Gasteiger charge is -2.29. The Morgan fingerprint density at radius 2 is 1.81 bits per heavy atom. The van der Waals surface area contributed by atoms with Crippen molar-refractivity contribution in [1.82, 2.24) is 4.31 Å². The van der Waals surface area contributed by atoms with Crippen LogP contribution in [0.4, 0.5) is 16.2 Å². The summed E-state index contributed by atoms with van der Waals surface area (Å²) in [7, 11) is -4.10. The van der Waals surface area contributed by atoms with Gasteiger partial charge in [-0.05, 0) is 29.7 Å². The van der Waals surface area contributed by atoms with Crippen LogP contribution < -0.4 is 10.0 Å². The van der Waals surface area contributed by atoms with Crippen molar-refractivity contribution in [2.75, 3.05) is 16.6 Å². The Labute approximate surface area is 124 Å². The van der Waals surface area contributed by atoms with E-state index in [9.17, 15) is 18.3 Å². The molecule has 0 bridgehead atoms. The zero-order valence-electron chi connectivity index (χ0n) is 12.1. The van der Waals surface area contributed by atoms with Gasteiger partial charge in [0.15, 0.2) is 0 Å². The molecule has 1 unspecified atom stereocenters. The van der Waals surface area contributed by atoms with Gasteiger partial charge in [-0.2, -0.15) is 12.7 Å². The number of hydrogen-bond donors (Lipinski definition) is 2. The van der Waals surface area contributed by atoms with Gasteiger partial charge >= 0.3 is 16.3 Å². The van der Waals surface area contributed by atoms with E-state index in [-0.39, 0.29) is 6.54 Å². The van der Waals surface area contributed by atoms with Gasteiger partial charge in [-0.1, -0.05) is 20.8 Å². The second kappa shape index (κ2) is 4.80. The minimum Gasteiger partial charge on any atom is -0.464 e. The molecule has 3 N–H and O–H groups in total. The van der Waals surface area contributed by atoms with Crippen molar-refractivity contribution in [3.05, 3.63) is 24.3 Å². The predicted octanol–water partition coefficient (Wildman–Crippen LogP) is 1.73. The van der Waals surface area contributed by atoms with E-state index in [4.69, 9.17) is 5.73 Å². The van der Waals surface area contributed by atoms with Gasteiger partial charge in [-0.3, -0.25) is 4.31 Å². The molecule has 116 valence electrons. The molecule has 1 aliphatic rings. The second-order valence-corrected chi connectivity index (χ2v) is 7.82. The molecule has 7 nitrogen and oxygen atoms in total. The lowest BCUT2D eigenvalue weighted by atomic mass is 9.86. The minimum absolute atomic E-state index is 0.0854. The molecule has 2 rings (SSSR count). The maximum absolute atomic E-state index is 12.5. The first-order valence-corrected chi connectivity index (χ1v) is 7.85. The van der Waals surface area contributed by atoms with Crippen LogP contribution in [-0.4, -0.2) is 36.5 Å². The van der Waals surface area contributed by atoms with Crippen LogP contribution in [0.15, 0.2) is 24.3 Å². The zero-order valence-corrected chi connectivity index (χ0v) is 13.0. The van der Waals surface area contributed by atoms with Crippen molar-refractivity contribution < 1.29 is 18.3 Å². The highest BCUT2D eigenvalue weighted by molar-refractivity contribution is 7.91. The van der Waals surface area contributed by atoms with Crippen molar-refractivity contribution in [1.29, 1.82) is 0 Å². The van der Waals surface area contributed by atoms with Crippen LogP contribution in [0.3, 0.4) is 0 Å². The zero-order chi connectivity index (χ0) is 16.0. The van der Waals surface area contributed by atoms with Gasteiger partial charge in [0.1, 0.15) is 0 Å². The summed E-state index contributed by atoms with van der Waals surface area (Å²) in [5, 5.41) is 9.29. The van der Waals surface area contributed by atoms with E-state index in [0.29, 0.717) is 15.7 Å². The van der Waals surface area contributed by atoms with Crippen molar-refractivity contribution in [3.63, 3.8) is 0 Å². The van der Waals surface area contributed by atoms with Crippen LogP contribution in [0.2, 0.25) is 0 Å². The van der Waals surface area contributed by atoms with Crippen LogP contribution in [-0.2, 0) is 10.2 Å². The van der Waals surface area contributed by atoms with Gasteiger partial charge in [0.2, 0.25) is 0 Å². The van der Waals surface area contributed by atoms with Crippen LogP contribution in [0, 0.1) is 5.41 Å². The van der Waals surface area contributed by atoms with Gasteiger partial charge in [0.25, 0.3) is 0 Å². The summed E-state index contributed by atoms with van der Waals surface area (Å²) < 4.78 is 26.7. The summed E-state index contributed by atoms with van der Waals surface area (Å²) in [5.41, 5.74) is 6.00. The van der Waals surface area contributed by atoms with E-state index in [2.05, 4.69) is 0 Å². The largest absolute Gasteiger partial charge is 0.464 e. The van der Waals surface area contributed by atoms with Gasteiger partial charge in [0, 0.05) is 5.69 Å². The number of carbonyl (C=O) groups is 1. The molecule has 21 heavy (non-hydrogen) atoms. The monoisotopic (exact) mass is 313 g/mol. The molecule has 1 saturated heterocycles. The van der Waals surface area contributed by atoms with Gasteiger partial charge in [0.05, 0.1) is 18.3 Å². The lowest BCUT2D eigenvalue weighted by Crippen LogP contribution is -2.45. The Kier molecular flexibility index (Phi) is 3.53. The molecule has 0 aliphatic carbocycles. The number of anilines is 2. The van der Waals surface area contributed by atoms with Crippen LogP contribution in [0.5, 0.6) is 0 Å². The van der Waals surface area contributed by atoms with Crippen LogP contribution >= 0.6 is 0 Å². The third kappa shape index (κ3) is 2.63. The van der Waals surface area contributed by atoms with Gasteiger partial charge < -0.3 is 10.8 Å². The Morgan fingerprint density at radius 3 is 2.19 bits per heavy atom. The van der Waals surface area contributed by atoms with Crippen molar-refractivity contribution >= 4 is 27.7 Å². The van der Waals surface area contributed by atoms with Gasteiger partial charge in [-0.25, -0.2) is 4.79 Å². The number of amides is 1. The number of nitrogen functional groups attached to an aromatic ring is 1. The van der Waals surface area contributed by atoms with Gasteiger partial charge in [-0.15, -0.1) is 0 Å². The standard InChI is InChI=1S/C13H19N3O4S/c1-13(2,3)11-8-15(10-6-4-9(14)5-7-10)21(19,20)16(11)12(17)18/h4-7,11H,8,14H2,1-3H3,(H,17,18). The molecule has 1 heterocycles. The average molecular weight is 313 g/mol. The first-order chi connectivity index (χ1) is 9.55. The summed E-state index contributed by atoms with van der Waals surface area (Å²) in [4.78, 5) is 11.4. The Balaban J connectivity index is 2.50. The molecular weight excluding hydrogens is 294 g/mol. The average Bonchev–Trinajstić information content (AvgIpc) is 2.61. The van der Waals surface area contributed by atoms with E-state index in [0.717, 1.165) is 4.31 Å². The molecule has 1 fully saturated rings. The quantitative estimate of drug-likeness (QED) is 0.768. The highest BCUT2D eigenvalue weighted by atomic mass is 32.2. The fourth-order valence-corrected chi connectivity index (χ4v) is 4.16. The number of hydrogen-bond acceptors (Lipinski definition) is 4. The Bertz CT molecular complexity index is 649. The van der Waals surface area contributed by atoms with E-state index >= 15 is 0 Å². The predicted molar refractivity (Wildman–Crippen MR) is 80.2 cm³/mol. The van der Waals surface area contributed by atoms with Crippen molar-refractivity contribution in [3.8, 4) is 0 Å². The molecule has 1 aromatic carbocycles. The second-order valence-electron chi connectivity index (χ2n) is 6.09. The smallest absolute Gasteiger partial charge is 0.422 e. The van der Waals surface area contributed by atoms with E-state index in [1.165, 1.54) is 0 Å². The Hall–Kier alpha value is -1.96. The lowest BCUT2D eigenvalue weighted by molar-refractivity contribution is 0.139. The number of nitrogens with zero attached hydrogens (tertiary/aromatic N) is 2. The maximum Gasteiger partial charge on any atom is 0.422 e. The molecular formula is C13H19N3O4S. The van der Waals surface area contributed by atoms with Crippen molar-refractivity contribution in [2.45, 2.75) is 26.8 Å². The Morgan fingerprint density at radius 1 is 1.29 bits per heavy atom. The summed E-state index contributed by atoms with van der Waals surface area (Å²) in [6.45, 7) is 5.53. The first kappa shape index (κ1) is 15.4. The van der Waals surface area contributed by atoms with Crippen LogP contribution in [0.1, 0.15) is 20.8 Å². The third-order valence-electron chi connectivity index (χ3n) is 3.52. The van der Waals surface area contributed by atoms with Crippen LogP contribution in [0.25, 0.3) is 0 Å². The maximum atomic E-state index is 12.5. The minimum atomic E-state index is -4.10. The summed E-state index contributed by atoms with van der Waals surface area (Å²) in [6, 6.07) is 5.65. The number of carboxylic acid groups (broad SMARTS) is 1. The molecule has 0 spiro atoms. The molecule has 0 aromatic heterocycles. The normalized spacial score (nSPS) is 21.6. The van der Waals surface area contributed by atoms with Crippen molar-refractivity contribution in [2.24, 2.45) is 5.41 Å². The third-order valence-corrected chi connectivity index (χ3v) is 5.34. The highest BCUT2D eigenvalue weighted by Gasteiger charge is 2.51. The van der Waals surface area contributed by atoms with E-state index in [1.807, 2.05) is 20.8 Å². The number of benzene rings is 1. The fourth-order valence-electron chi connectivity index (χ4n) is 2.33. The van der Waals surface area contributed by atoms with E-state index in [1.54, 1.807) is 24.3 Å². The first-order valence-electron chi connectivity index (χ1n) is 6.45.